The van der Waals surface area contributed by atoms with Gasteiger partial charge in [-0.05, 0) is 43.4 Å². The molecule has 1 aromatic carbocycles. The summed E-state index contributed by atoms with van der Waals surface area (Å²) in [6.45, 7) is 1.79. The molecule has 0 spiro atoms. The lowest BCUT2D eigenvalue weighted by Gasteiger charge is -2.20. The number of likely N-dealkylation sites (tertiary alicyclic amines) is 1. The zero-order valence-corrected chi connectivity index (χ0v) is 13.7. The maximum atomic E-state index is 12.2. The number of hydrogen-bond donors (Lipinski definition) is 1. The summed E-state index contributed by atoms with van der Waals surface area (Å²) >= 11 is 0. The van der Waals surface area contributed by atoms with E-state index in [1.807, 2.05) is 29.2 Å². The van der Waals surface area contributed by atoms with Crippen molar-refractivity contribution in [3.63, 3.8) is 0 Å². The lowest BCUT2D eigenvalue weighted by atomic mass is 9.88. The molecule has 4 nitrogen and oxygen atoms in total. The minimum Gasteiger partial charge on any atom is -0.342 e. The summed E-state index contributed by atoms with van der Waals surface area (Å²) in [6, 6.07) is 7.72. The first kappa shape index (κ1) is 16.0. The van der Waals surface area contributed by atoms with Crippen molar-refractivity contribution in [3.05, 3.63) is 29.8 Å². The van der Waals surface area contributed by atoms with Crippen LogP contribution in [0.4, 0.5) is 5.69 Å². The summed E-state index contributed by atoms with van der Waals surface area (Å²) in [6.07, 6.45) is 8.30. The average molecular weight is 314 g/mol. The van der Waals surface area contributed by atoms with Gasteiger partial charge in [-0.2, -0.15) is 0 Å². The Balaban J connectivity index is 1.52. The van der Waals surface area contributed by atoms with Crippen molar-refractivity contribution in [2.45, 2.75) is 51.4 Å². The molecule has 4 heteroatoms. The molecule has 1 saturated heterocycles. The van der Waals surface area contributed by atoms with Gasteiger partial charge in [-0.25, -0.2) is 0 Å². The highest BCUT2D eigenvalue weighted by Crippen LogP contribution is 2.25. The molecule has 23 heavy (non-hydrogen) atoms. The largest absolute Gasteiger partial charge is 0.342 e. The third kappa shape index (κ3) is 4.34. The van der Waals surface area contributed by atoms with Crippen molar-refractivity contribution >= 4 is 17.5 Å². The molecule has 1 saturated carbocycles. The third-order valence-electron chi connectivity index (χ3n) is 5.01. The molecule has 1 aromatic rings. The molecule has 3 rings (SSSR count). The highest BCUT2D eigenvalue weighted by atomic mass is 16.2. The van der Waals surface area contributed by atoms with Gasteiger partial charge in [0, 0.05) is 24.7 Å². The topological polar surface area (TPSA) is 49.4 Å². The van der Waals surface area contributed by atoms with Crippen molar-refractivity contribution in [2.75, 3.05) is 18.4 Å². The first-order valence-electron chi connectivity index (χ1n) is 8.90. The van der Waals surface area contributed by atoms with Gasteiger partial charge in [0.15, 0.2) is 0 Å². The summed E-state index contributed by atoms with van der Waals surface area (Å²) in [7, 11) is 0. The van der Waals surface area contributed by atoms with Crippen LogP contribution in [0.1, 0.15) is 50.5 Å². The van der Waals surface area contributed by atoms with Gasteiger partial charge in [0.1, 0.15) is 0 Å². The van der Waals surface area contributed by atoms with Crippen molar-refractivity contribution < 1.29 is 9.59 Å². The van der Waals surface area contributed by atoms with E-state index in [-0.39, 0.29) is 17.7 Å². The maximum Gasteiger partial charge on any atom is 0.227 e. The lowest BCUT2D eigenvalue weighted by Crippen LogP contribution is -2.29. The molecule has 0 aromatic heterocycles. The Labute approximate surface area is 138 Å². The molecule has 0 unspecified atom stereocenters. The number of anilines is 1. The summed E-state index contributed by atoms with van der Waals surface area (Å²) in [5.41, 5.74) is 1.84. The number of amides is 2. The van der Waals surface area contributed by atoms with E-state index in [1.54, 1.807) is 0 Å². The third-order valence-corrected chi connectivity index (χ3v) is 5.01. The normalized spacial score (nSPS) is 18.9. The molecule has 2 aliphatic rings. The summed E-state index contributed by atoms with van der Waals surface area (Å²) in [4.78, 5) is 26.3. The molecule has 2 fully saturated rings. The minimum absolute atomic E-state index is 0.144. The van der Waals surface area contributed by atoms with Gasteiger partial charge in [-0.15, -0.1) is 0 Å². The molecular weight excluding hydrogens is 288 g/mol. The summed E-state index contributed by atoms with van der Waals surface area (Å²) in [5, 5.41) is 3.01. The number of nitrogens with one attached hydrogen (secondary N) is 1. The fourth-order valence-electron chi connectivity index (χ4n) is 3.57. The van der Waals surface area contributed by atoms with E-state index in [2.05, 4.69) is 5.32 Å². The first-order valence-corrected chi connectivity index (χ1v) is 8.90. The van der Waals surface area contributed by atoms with Crippen LogP contribution in [-0.2, 0) is 16.0 Å². The number of nitrogens with zero attached hydrogens (tertiary/aromatic N) is 1. The fraction of sp³-hybridized carbons (Fsp3) is 0.579. The van der Waals surface area contributed by atoms with E-state index < -0.39 is 0 Å². The molecule has 1 heterocycles. The van der Waals surface area contributed by atoms with E-state index in [0.717, 1.165) is 62.9 Å². The summed E-state index contributed by atoms with van der Waals surface area (Å²) < 4.78 is 0. The van der Waals surface area contributed by atoms with Crippen LogP contribution in [0.5, 0.6) is 0 Å². The maximum absolute atomic E-state index is 12.2. The number of carbonyl (C=O) groups is 2. The molecule has 1 aliphatic carbocycles. The molecule has 0 atom stereocenters. The van der Waals surface area contributed by atoms with Crippen LogP contribution in [0.15, 0.2) is 24.3 Å². The predicted molar refractivity (Wildman–Crippen MR) is 91.2 cm³/mol. The van der Waals surface area contributed by atoms with Gasteiger partial charge in [-0.3, -0.25) is 9.59 Å². The molecule has 1 N–H and O–H groups in total. The minimum atomic E-state index is 0.144. The Kier molecular flexibility index (Phi) is 5.31. The second-order valence-electron chi connectivity index (χ2n) is 6.79. The smallest absolute Gasteiger partial charge is 0.227 e. The van der Waals surface area contributed by atoms with E-state index in [9.17, 15) is 9.59 Å². The number of carbonyl (C=O) groups excluding carboxylic acids is 2. The monoisotopic (exact) mass is 314 g/mol. The highest BCUT2D eigenvalue weighted by Gasteiger charge is 2.21. The Morgan fingerprint density at radius 3 is 2.26 bits per heavy atom. The lowest BCUT2D eigenvalue weighted by molar-refractivity contribution is -0.129. The predicted octanol–water partition coefficient (Wildman–Crippen LogP) is 3.37. The number of hydrogen-bond acceptors (Lipinski definition) is 2. The second kappa shape index (κ2) is 7.62. The quantitative estimate of drug-likeness (QED) is 0.926. The van der Waals surface area contributed by atoms with Crippen molar-refractivity contribution in [1.29, 1.82) is 0 Å². The molecule has 2 amide bonds. The first-order chi connectivity index (χ1) is 11.2. The zero-order chi connectivity index (χ0) is 16.1. The Morgan fingerprint density at radius 1 is 0.957 bits per heavy atom. The standard InChI is InChI=1S/C19H26N2O2/c22-18(21-12-4-5-13-21)14-15-8-10-17(11-9-15)20-19(23)16-6-2-1-3-7-16/h8-11,16H,1-7,12-14H2,(H,20,23). The molecular formula is C19H26N2O2. The van der Waals surface area contributed by atoms with Gasteiger partial charge in [0.2, 0.25) is 11.8 Å². The van der Waals surface area contributed by atoms with Gasteiger partial charge < -0.3 is 10.2 Å². The molecule has 1 aliphatic heterocycles. The Hall–Kier alpha value is -1.84. The molecule has 0 bridgehead atoms. The molecule has 124 valence electrons. The van der Waals surface area contributed by atoms with E-state index in [0.29, 0.717) is 6.42 Å². The van der Waals surface area contributed by atoms with Crippen molar-refractivity contribution in [2.24, 2.45) is 5.92 Å². The van der Waals surface area contributed by atoms with Crippen LogP contribution >= 0.6 is 0 Å². The van der Waals surface area contributed by atoms with Crippen LogP contribution < -0.4 is 5.32 Å². The SMILES string of the molecule is O=C(Nc1ccc(CC(=O)N2CCCC2)cc1)C1CCCCC1. The van der Waals surface area contributed by atoms with E-state index in [1.165, 1.54) is 6.42 Å². The van der Waals surface area contributed by atoms with Crippen molar-refractivity contribution in [3.8, 4) is 0 Å². The number of benzene rings is 1. The van der Waals surface area contributed by atoms with Crippen LogP contribution in [0.3, 0.4) is 0 Å². The van der Waals surface area contributed by atoms with Crippen LogP contribution in [0.2, 0.25) is 0 Å². The number of rotatable bonds is 4. The van der Waals surface area contributed by atoms with Crippen molar-refractivity contribution in [1.82, 2.24) is 4.90 Å². The van der Waals surface area contributed by atoms with Crippen LogP contribution in [-0.4, -0.2) is 29.8 Å². The zero-order valence-electron chi connectivity index (χ0n) is 13.7. The highest BCUT2D eigenvalue weighted by molar-refractivity contribution is 5.92. The van der Waals surface area contributed by atoms with Crippen LogP contribution in [0, 0.1) is 5.92 Å². The van der Waals surface area contributed by atoms with Gasteiger partial charge in [-0.1, -0.05) is 31.4 Å². The average Bonchev–Trinajstić information content (AvgIpc) is 3.12. The Morgan fingerprint density at radius 2 is 1.61 bits per heavy atom. The van der Waals surface area contributed by atoms with E-state index in [4.69, 9.17) is 0 Å². The fourth-order valence-corrected chi connectivity index (χ4v) is 3.57. The molecule has 0 radical (unpaired) electrons. The summed E-state index contributed by atoms with van der Waals surface area (Å²) in [5.74, 6) is 0.521. The van der Waals surface area contributed by atoms with Gasteiger partial charge in [0.05, 0.1) is 6.42 Å². The Bertz CT molecular complexity index is 541. The van der Waals surface area contributed by atoms with Gasteiger partial charge in [0.25, 0.3) is 0 Å². The second-order valence-corrected chi connectivity index (χ2v) is 6.79. The van der Waals surface area contributed by atoms with Crippen LogP contribution in [0.25, 0.3) is 0 Å². The van der Waals surface area contributed by atoms with Gasteiger partial charge >= 0.3 is 0 Å². The van der Waals surface area contributed by atoms with E-state index >= 15 is 0 Å².